The standard InChI is InChI=1S/C35H44O3.C2H6/c1-5-35(23-27-9-7-10-28(21-27)24-35)30-14-16-31(17-15-30)38-32(29-11-6-8-25(2)20-29)18-12-26-13-19-33(36-3)34(22-26)37-4;1-2/h6,8,11,13-17,19-20,22,27-28,32H,5,7,9-10,12,18,21,23-24H2,1-4H3;1-2H3. The van der Waals surface area contributed by atoms with Crippen LogP contribution in [0.5, 0.6) is 17.2 Å². The Labute approximate surface area is 243 Å². The lowest BCUT2D eigenvalue weighted by atomic mass is 9.57. The molecule has 0 heterocycles. The van der Waals surface area contributed by atoms with E-state index < -0.39 is 0 Å². The Hall–Kier alpha value is -2.94. The van der Waals surface area contributed by atoms with E-state index in [-0.39, 0.29) is 6.10 Å². The van der Waals surface area contributed by atoms with Gasteiger partial charge < -0.3 is 14.2 Å². The molecule has 0 spiro atoms. The van der Waals surface area contributed by atoms with Crippen LogP contribution in [0.3, 0.4) is 0 Å². The van der Waals surface area contributed by atoms with Gasteiger partial charge in [-0.3, -0.25) is 0 Å². The van der Waals surface area contributed by atoms with Gasteiger partial charge in [-0.25, -0.2) is 0 Å². The zero-order valence-electron chi connectivity index (χ0n) is 25.7. The van der Waals surface area contributed by atoms with Crippen molar-refractivity contribution in [3.8, 4) is 17.2 Å². The average Bonchev–Trinajstić information content (AvgIpc) is 3.00. The molecule has 2 fully saturated rings. The van der Waals surface area contributed by atoms with E-state index in [2.05, 4.69) is 74.5 Å². The first-order chi connectivity index (χ1) is 19.5. The van der Waals surface area contributed by atoms with E-state index in [9.17, 15) is 0 Å². The number of hydrogen-bond acceptors (Lipinski definition) is 3. The van der Waals surface area contributed by atoms with Crippen molar-refractivity contribution in [3.05, 3.63) is 89.0 Å². The summed E-state index contributed by atoms with van der Waals surface area (Å²) in [6, 6.07) is 24.1. The average molecular weight is 543 g/mol. The smallest absolute Gasteiger partial charge is 0.160 e. The predicted octanol–water partition coefficient (Wildman–Crippen LogP) is 10.0. The van der Waals surface area contributed by atoms with Gasteiger partial charge in [-0.05, 0) is 104 Å². The largest absolute Gasteiger partial charge is 0.493 e. The number of benzene rings is 3. The lowest BCUT2D eigenvalue weighted by molar-refractivity contribution is 0.106. The molecular formula is C37H50O3. The monoisotopic (exact) mass is 542 g/mol. The molecule has 3 aromatic rings. The molecule has 0 saturated heterocycles. The second kappa shape index (κ2) is 14.1. The van der Waals surface area contributed by atoms with Crippen LogP contribution in [0.25, 0.3) is 0 Å². The van der Waals surface area contributed by atoms with Crippen molar-refractivity contribution in [2.45, 2.75) is 97.0 Å². The summed E-state index contributed by atoms with van der Waals surface area (Å²) in [7, 11) is 3.36. The summed E-state index contributed by atoms with van der Waals surface area (Å²) in [5.41, 5.74) is 5.55. The van der Waals surface area contributed by atoms with Gasteiger partial charge in [0.05, 0.1) is 14.2 Å². The highest BCUT2D eigenvalue weighted by Gasteiger charge is 2.42. The Bertz CT molecular complexity index is 1190. The third-order valence-corrected chi connectivity index (χ3v) is 9.23. The summed E-state index contributed by atoms with van der Waals surface area (Å²) >= 11 is 0. The Morgan fingerprint density at radius 2 is 1.55 bits per heavy atom. The summed E-state index contributed by atoms with van der Waals surface area (Å²) in [6.45, 7) is 8.54. The van der Waals surface area contributed by atoms with E-state index in [1.807, 2.05) is 19.9 Å². The molecular weight excluding hydrogens is 492 g/mol. The van der Waals surface area contributed by atoms with Gasteiger partial charge >= 0.3 is 0 Å². The zero-order valence-corrected chi connectivity index (χ0v) is 25.7. The van der Waals surface area contributed by atoms with Gasteiger partial charge in [-0.15, -0.1) is 0 Å². The van der Waals surface area contributed by atoms with Crippen LogP contribution in [0.15, 0.2) is 66.7 Å². The lowest BCUT2D eigenvalue weighted by Crippen LogP contribution is -2.38. The maximum Gasteiger partial charge on any atom is 0.160 e. The predicted molar refractivity (Wildman–Crippen MR) is 167 cm³/mol. The number of fused-ring (bicyclic) bond motifs is 2. The molecule has 0 aliphatic heterocycles. The molecule has 2 aliphatic carbocycles. The van der Waals surface area contributed by atoms with Gasteiger partial charge in [0.15, 0.2) is 11.5 Å². The van der Waals surface area contributed by atoms with Crippen molar-refractivity contribution in [1.29, 1.82) is 0 Å². The molecule has 0 aromatic heterocycles. The van der Waals surface area contributed by atoms with Crippen LogP contribution in [0.2, 0.25) is 0 Å². The molecule has 2 bridgehead atoms. The minimum atomic E-state index is -0.0250. The van der Waals surface area contributed by atoms with Gasteiger partial charge in [-0.2, -0.15) is 0 Å². The SMILES string of the molecule is CC.CCC1(c2ccc(OC(CCc3ccc(OC)c(OC)c3)c3cccc(C)c3)cc2)CC2CCCC(C2)C1. The van der Waals surface area contributed by atoms with Gasteiger partial charge in [0.1, 0.15) is 11.9 Å². The lowest BCUT2D eigenvalue weighted by Gasteiger charge is -2.47. The van der Waals surface area contributed by atoms with Crippen LogP contribution >= 0.6 is 0 Å². The molecule has 0 amide bonds. The first-order valence-electron chi connectivity index (χ1n) is 15.6. The minimum absolute atomic E-state index is 0.0250. The fraction of sp³-hybridized carbons (Fsp3) is 0.514. The van der Waals surface area contributed by atoms with Crippen molar-refractivity contribution >= 4 is 0 Å². The van der Waals surface area contributed by atoms with E-state index in [0.29, 0.717) is 5.41 Å². The Balaban J connectivity index is 0.00000181. The van der Waals surface area contributed by atoms with E-state index in [1.54, 1.807) is 14.2 Å². The third-order valence-electron chi connectivity index (χ3n) is 9.23. The molecule has 216 valence electrons. The van der Waals surface area contributed by atoms with E-state index in [1.165, 1.54) is 67.2 Å². The number of methoxy groups -OCH3 is 2. The van der Waals surface area contributed by atoms with Crippen LogP contribution in [0, 0.1) is 18.8 Å². The maximum atomic E-state index is 6.71. The summed E-state index contributed by atoms with van der Waals surface area (Å²) in [5, 5.41) is 0. The molecule has 0 N–H and O–H groups in total. The summed E-state index contributed by atoms with van der Waals surface area (Å²) < 4.78 is 17.7. The molecule has 5 rings (SSSR count). The van der Waals surface area contributed by atoms with Crippen molar-refractivity contribution in [1.82, 2.24) is 0 Å². The topological polar surface area (TPSA) is 27.7 Å². The van der Waals surface area contributed by atoms with Crippen LogP contribution in [-0.4, -0.2) is 14.2 Å². The van der Waals surface area contributed by atoms with E-state index >= 15 is 0 Å². The maximum absolute atomic E-state index is 6.71. The molecule has 3 nitrogen and oxygen atoms in total. The van der Waals surface area contributed by atoms with Gasteiger partial charge in [-0.1, -0.05) is 88.1 Å². The zero-order chi connectivity index (χ0) is 28.5. The summed E-state index contributed by atoms with van der Waals surface area (Å²) in [4.78, 5) is 0. The van der Waals surface area contributed by atoms with Crippen molar-refractivity contribution in [3.63, 3.8) is 0 Å². The molecule has 3 heteroatoms. The first-order valence-corrected chi connectivity index (χ1v) is 15.6. The summed E-state index contributed by atoms with van der Waals surface area (Å²) in [5.74, 6) is 4.32. The highest BCUT2D eigenvalue weighted by molar-refractivity contribution is 5.43. The molecule has 3 aromatic carbocycles. The Kier molecular flexibility index (Phi) is 10.6. The van der Waals surface area contributed by atoms with E-state index in [0.717, 1.165) is 41.9 Å². The van der Waals surface area contributed by atoms with Crippen molar-refractivity contribution in [2.75, 3.05) is 14.2 Å². The minimum Gasteiger partial charge on any atom is -0.493 e. The molecule has 2 saturated carbocycles. The van der Waals surface area contributed by atoms with Gasteiger partial charge in [0.25, 0.3) is 0 Å². The van der Waals surface area contributed by atoms with Crippen molar-refractivity contribution in [2.24, 2.45) is 11.8 Å². The van der Waals surface area contributed by atoms with Crippen LogP contribution in [0.4, 0.5) is 0 Å². The Morgan fingerprint density at radius 3 is 2.17 bits per heavy atom. The normalized spacial score (nSPS) is 22.4. The van der Waals surface area contributed by atoms with Crippen LogP contribution in [0.1, 0.15) is 100 Å². The van der Waals surface area contributed by atoms with Gasteiger partial charge in [0.2, 0.25) is 0 Å². The molecule has 40 heavy (non-hydrogen) atoms. The molecule has 3 atom stereocenters. The number of rotatable bonds is 10. The third kappa shape index (κ3) is 7.03. The molecule has 0 radical (unpaired) electrons. The number of ether oxygens (including phenoxy) is 3. The fourth-order valence-corrected chi connectivity index (χ4v) is 7.24. The first kappa shape index (κ1) is 30.0. The summed E-state index contributed by atoms with van der Waals surface area (Å²) in [6.07, 6.45) is 11.4. The van der Waals surface area contributed by atoms with Crippen molar-refractivity contribution < 1.29 is 14.2 Å². The Morgan fingerprint density at radius 1 is 0.850 bits per heavy atom. The van der Waals surface area contributed by atoms with Crippen LogP contribution < -0.4 is 14.2 Å². The quantitative estimate of drug-likeness (QED) is 0.255. The molecule has 2 aliphatic rings. The van der Waals surface area contributed by atoms with Gasteiger partial charge in [0, 0.05) is 0 Å². The highest BCUT2D eigenvalue weighted by Crippen LogP contribution is 2.52. The molecule has 3 unspecified atom stereocenters. The number of hydrogen-bond donors (Lipinski definition) is 0. The highest BCUT2D eigenvalue weighted by atomic mass is 16.5. The van der Waals surface area contributed by atoms with E-state index in [4.69, 9.17) is 14.2 Å². The fourth-order valence-electron chi connectivity index (χ4n) is 7.24. The second-order valence-corrected chi connectivity index (χ2v) is 11.7. The van der Waals surface area contributed by atoms with Crippen LogP contribution in [-0.2, 0) is 11.8 Å². The number of aryl methyl sites for hydroxylation is 2. The second-order valence-electron chi connectivity index (χ2n) is 11.7.